The van der Waals surface area contributed by atoms with E-state index in [1.807, 2.05) is 9.80 Å². The Bertz CT molecular complexity index is 524. The zero-order valence-corrected chi connectivity index (χ0v) is 15.4. The van der Waals surface area contributed by atoms with Crippen molar-refractivity contribution in [2.75, 3.05) is 39.8 Å². The Hall–Kier alpha value is -1.18. The van der Waals surface area contributed by atoms with Gasteiger partial charge >= 0.3 is 0 Å². The summed E-state index contributed by atoms with van der Waals surface area (Å²) in [6.07, 6.45) is 3.51. The number of hydrogen-bond donors (Lipinski definition) is 2. The van der Waals surface area contributed by atoms with Crippen molar-refractivity contribution in [2.24, 2.45) is 17.1 Å². The minimum absolute atomic E-state index is 0.0401. The molecule has 3 aliphatic rings. The minimum atomic E-state index is -0.327. The van der Waals surface area contributed by atoms with E-state index in [0.29, 0.717) is 19.5 Å². The zero-order chi connectivity index (χ0) is 18.2. The van der Waals surface area contributed by atoms with Gasteiger partial charge in [-0.3, -0.25) is 14.5 Å². The van der Waals surface area contributed by atoms with Gasteiger partial charge in [0.15, 0.2) is 0 Å². The van der Waals surface area contributed by atoms with E-state index in [1.165, 1.54) is 0 Å². The number of carbonyl (C=O) groups is 2. The van der Waals surface area contributed by atoms with Gasteiger partial charge in [-0.15, -0.1) is 0 Å². The van der Waals surface area contributed by atoms with Gasteiger partial charge in [0.05, 0.1) is 18.2 Å². The van der Waals surface area contributed by atoms with Crippen LogP contribution in [0.3, 0.4) is 0 Å². The van der Waals surface area contributed by atoms with Gasteiger partial charge in [-0.2, -0.15) is 0 Å². The van der Waals surface area contributed by atoms with E-state index in [2.05, 4.69) is 6.92 Å². The first-order valence-corrected chi connectivity index (χ1v) is 9.34. The molecule has 1 aliphatic carbocycles. The highest BCUT2D eigenvalue weighted by molar-refractivity contribution is 5.79. The van der Waals surface area contributed by atoms with Crippen LogP contribution >= 0.6 is 0 Å². The molecule has 0 radical (unpaired) electrons. The molecular weight excluding hydrogens is 322 g/mol. The second kappa shape index (κ2) is 6.85. The predicted octanol–water partition coefficient (Wildman–Crippen LogP) is -0.0378. The summed E-state index contributed by atoms with van der Waals surface area (Å²) < 4.78 is 5.69. The highest BCUT2D eigenvalue weighted by Gasteiger charge is 2.63. The molecule has 0 bridgehead atoms. The van der Waals surface area contributed by atoms with Crippen molar-refractivity contribution in [3.05, 3.63) is 0 Å². The molecule has 7 heteroatoms. The van der Waals surface area contributed by atoms with E-state index in [0.717, 1.165) is 38.8 Å². The topological polar surface area (TPSA) is 96.1 Å². The summed E-state index contributed by atoms with van der Waals surface area (Å²) in [6.45, 7) is 5.23. The number of hydrogen-bond acceptors (Lipinski definition) is 5. The maximum absolute atomic E-state index is 12.8. The number of aliphatic hydroxyl groups excluding tert-OH is 1. The van der Waals surface area contributed by atoms with E-state index in [-0.39, 0.29) is 41.4 Å². The summed E-state index contributed by atoms with van der Waals surface area (Å²) in [6, 6.07) is 0. The highest BCUT2D eigenvalue weighted by Crippen LogP contribution is 2.58. The normalized spacial score (nSPS) is 33.2. The maximum atomic E-state index is 12.8. The third-order valence-corrected chi connectivity index (χ3v) is 7.01. The van der Waals surface area contributed by atoms with Crippen molar-refractivity contribution in [3.8, 4) is 0 Å². The Morgan fingerprint density at radius 1 is 1.20 bits per heavy atom. The Balaban J connectivity index is 1.52. The first kappa shape index (κ1) is 18.6. The lowest BCUT2D eigenvalue weighted by Gasteiger charge is -2.63. The van der Waals surface area contributed by atoms with Crippen molar-refractivity contribution in [1.29, 1.82) is 0 Å². The average Bonchev–Trinajstić information content (AvgIpc) is 2.61. The molecule has 2 amide bonds. The van der Waals surface area contributed by atoms with Gasteiger partial charge in [0.2, 0.25) is 11.8 Å². The first-order valence-electron chi connectivity index (χ1n) is 9.34. The summed E-state index contributed by atoms with van der Waals surface area (Å²) >= 11 is 0. The number of rotatable bonds is 4. The number of amides is 2. The molecule has 7 nitrogen and oxygen atoms in total. The molecule has 142 valence electrons. The second-order valence-electron chi connectivity index (χ2n) is 8.15. The van der Waals surface area contributed by atoms with Gasteiger partial charge in [0.1, 0.15) is 0 Å². The number of nitrogens with zero attached hydrogens (tertiary/aromatic N) is 2. The van der Waals surface area contributed by atoms with Crippen LogP contribution < -0.4 is 5.73 Å². The lowest BCUT2D eigenvalue weighted by Crippen LogP contribution is -2.69. The van der Waals surface area contributed by atoms with E-state index >= 15 is 0 Å². The van der Waals surface area contributed by atoms with Crippen molar-refractivity contribution in [3.63, 3.8) is 0 Å². The number of carbonyl (C=O) groups excluding carboxylic acids is 2. The number of ether oxygens (including phenoxy) is 1. The van der Waals surface area contributed by atoms with Crippen LogP contribution in [-0.2, 0) is 14.3 Å². The van der Waals surface area contributed by atoms with Crippen LogP contribution in [0.4, 0.5) is 0 Å². The average molecular weight is 353 g/mol. The molecule has 3 rings (SSSR count). The lowest BCUT2D eigenvalue weighted by molar-refractivity contribution is -0.261. The lowest BCUT2D eigenvalue weighted by atomic mass is 9.51. The Morgan fingerprint density at radius 3 is 2.28 bits per heavy atom. The van der Waals surface area contributed by atoms with E-state index < -0.39 is 0 Å². The zero-order valence-electron chi connectivity index (χ0n) is 15.4. The fraction of sp³-hybridized carbons (Fsp3) is 0.889. The third-order valence-electron chi connectivity index (χ3n) is 7.01. The number of aliphatic hydroxyl groups is 1. The molecule has 1 saturated carbocycles. The number of primary amides is 1. The predicted molar refractivity (Wildman–Crippen MR) is 92.6 cm³/mol. The number of nitrogens with two attached hydrogens (primary N) is 1. The van der Waals surface area contributed by atoms with Crippen LogP contribution in [-0.4, -0.2) is 78.3 Å². The van der Waals surface area contributed by atoms with Crippen LogP contribution in [0.1, 0.15) is 39.0 Å². The van der Waals surface area contributed by atoms with Crippen LogP contribution in [0.15, 0.2) is 0 Å². The van der Waals surface area contributed by atoms with Crippen molar-refractivity contribution in [2.45, 2.75) is 50.7 Å². The van der Waals surface area contributed by atoms with Crippen molar-refractivity contribution in [1.82, 2.24) is 9.80 Å². The quantitative estimate of drug-likeness (QED) is 0.739. The summed E-state index contributed by atoms with van der Waals surface area (Å²) in [5.41, 5.74) is 4.76. The summed E-state index contributed by atoms with van der Waals surface area (Å²) in [5, 5.41) is 10.3. The highest BCUT2D eigenvalue weighted by atomic mass is 16.5. The molecule has 2 aliphatic heterocycles. The van der Waals surface area contributed by atoms with Gasteiger partial charge in [0.25, 0.3) is 0 Å². The van der Waals surface area contributed by atoms with E-state index in [1.54, 1.807) is 7.11 Å². The molecule has 2 heterocycles. The summed E-state index contributed by atoms with van der Waals surface area (Å²) in [5.74, 6) is -0.0499. The molecule has 0 unspecified atom stereocenters. The number of methoxy groups -OCH3 is 1. The van der Waals surface area contributed by atoms with Gasteiger partial charge in [-0.05, 0) is 45.7 Å². The molecule has 0 aromatic carbocycles. The van der Waals surface area contributed by atoms with Gasteiger partial charge in [-0.1, -0.05) is 0 Å². The maximum Gasteiger partial charge on any atom is 0.231 e. The SMILES string of the molecule is CO[C@@]1(C)C[C@@H](O)C12CCN(C(=O)C1CCN(CC(N)=O)CC1)CC2. The summed E-state index contributed by atoms with van der Waals surface area (Å²) in [7, 11) is 1.71. The van der Waals surface area contributed by atoms with Crippen molar-refractivity contribution < 1.29 is 19.4 Å². The smallest absolute Gasteiger partial charge is 0.231 e. The van der Waals surface area contributed by atoms with Crippen LogP contribution in [0.5, 0.6) is 0 Å². The Morgan fingerprint density at radius 2 is 1.80 bits per heavy atom. The number of likely N-dealkylation sites (tertiary alicyclic amines) is 2. The van der Waals surface area contributed by atoms with Crippen LogP contribution in [0.25, 0.3) is 0 Å². The summed E-state index contributed by atoms with van der Waals surface area (Å²) in [4.78, 5) is 27.8. The molecular formula is C18H31N3O4. The fourth-order valence-electron chi connectivity index (χ4n) is 5.08. The van der Waals surface area contributed by atoms with Crippen molar-refractivity contribution >= 4 is 11.8 Å². The minimum Gasteiger partial charge on any atom is -0.392 e. The van der Waals surface area contributed by atoms with Crippen LogP contribution in [0, 0.1) is 11.3 Å². The van der Waals surface area contributed by atoms with Gasteiger partial charge in [-0.25, -0.2) is 0 Å². The number of piperidine rings is 2. The van der Waals surface area contributed by atoms with Gasteiger partial charge in [0, 0.05) is 38.0 Å². The third kappa shape index (κ3) is 3.17. The Labute approximate surface area is 149 Å². The Kier molecular flexibility index (Phi) is 5.10. The fourth-order valence-corrected chi connectivity index (χ4v) is 5.08. The van der Waals surface area contributed by atoms with Crippen LogP contribution in [0.2, 0.25) is 0 Å². The first-order chi connectivity index (χ1) is 11.8. The standard InChI is InChI=1S/C18H31N3O4/c1-17(25-2)11-14(22)18(17)5-9-21(10-6-18)16(24)13-3-7-20(8-4-13)12-15(19)23/h13-14,22H,3-12H2,1-2H3,(H2,19,23)/t14-,17+/m1/s1. The largest absolute Gasteiger partial charge is 0.392 e. The molecule has 25 heavy (non-hydrogen) atoms. The molecule has 0 aromatic heterocycles. The molecule has 2 atom stereocenters. The van der Waals surface area contributed by atoms with Gasteiger partial charge < -0.3 is 20.5 Å². The van der Waals surface area contributed by atoms with E-state index in [9.17, 15) is 14.7 Å². The van der Waals surface area contributed by atoms with E-state index in [4.69, 9.17) is 10.5 Å². The molecule has 3 N–H and O–H groups in total. The monoisotopic (exact) mass is 353 g/mol. The molecule has 0 aromatic rings. The second-order valence-corrected chi connectivity index (χ2v) is 8.15. The molecule has 1 spiro atoms. The molecule has 3 fully saturated rings. The molecule has 2 saturated heterocycles.